The van der Waals surface area contributed by atoms with Gasteiger partial charge in [0, 0.05) is 38.3 Å². The maximum atomic E-state index is 13.7. The molecule has 2 amide bonds. The molecule has 1 aromatic heterocycles. The highest BCUT2D eigenvalue weighted by Gasteiger charge is 2.42. The summed E-state index contributed by atoms with van der Waals surface area (Å²) in [5, 5.41) is 6.75. The van der Waals surface area contributed by atoms with Crippen LogP contribution in [0.3, 0.4) is 0 Å². The highest BCUT2D eigenvalue weighted by molar-refractivity contribution is 6.01. The number of amides is 2. The lowest BCUT2D eigenvalue weighted by molar-refractivity contribution is -0.125. The van der Waals surface area contributed by atoms with Gasteiger partial charge in [-0.15, -0.1) is 0 Å². The molecule has 44 heavy (non-hydrogen) atoms. The SMILES string of the molecule is COc1cc(C(=O)NC2(N3CCOCC3)CCCCC2)ccc1Nc1ncc2c(n1)N(C1CCCC1)CC(C)(C)C(=O)N2C. The van der Waals surface area contributed by atoms with Crippen molar-refractivity contribution in [3.05, 3.63) is 30.0 Å². The van der Waals surface area contributed by atoms with Crippen LogP contribution in [0.2, 0.25) is 0 Å². The molecule has 2 saturated carbocycles. The van der Waals surface area contributed by atoms with E-state index in [1.165, 1.54) is 19.3 Å². The number of hydrogen-bond acceptors (Lipinski definition) is 9. The highest BCUT2D eigenvalue weighted by Crippen LogP contribution is 2.41. The molecule has 11 heteroatoms. The Morgan fingerprint density at radius 1 is 1.07 bits per heavy atom. The molecule has 0 bridgehead atoms. The molecule has 2 aliphatic heterocycles. The summed E-state index contributed by atoms with van der Waals surface area (Å²) in [7, 11) is 3.40. The number of ether oxygens (including phenoxy) is 2. The molecule has 238 valence electrons. The average molecular weight is 606 g/mol. The van der Waals surface area contributed by atoms with Crippen LogP contribution < -0.4 is 25.2 Å². The van der Waals surface area contributed by atoms with Crippen molar-refractivity contribution in [2.75, 3.05) is 62.1 Å². The van der Waals surface area contributed by atoms with Gasteiger partial charge in [-0.1, -0.05) is 19.3 Å². The minimum Gasteiger partial charge on any atom is -0.495 e. The normalized spacial score (nSPS) is 22.3. The van der Waals surface area contributed by atoms with E-state index in [2.05, 4.69) is 25.4 Å². The third-order valence-electron chi connectivity index (χ3n) is 9.95. The first-order valence-electron chi connectivity index (χ1n) is 16.2. The Morgan fingerprint density at radius 3 is 2.50 bits per heavy atom. The third kappa shape index (κ3) is 5.96. The topological polar surface area (TPSA) is 112 Å². The zero-order valence-electron chi connectivity index (χ0n) is 26.7. The van der Waals surface area contributed by atoms with E-state index in [9.17, 15) is 9.59 Å². The standard InChI is InChI=1S/C33H47N7O4/c1-32(2)22-40(24-10-6-7-11-24)28-26(38(3)30(32)42)21-34-31(36-28)35-25-13-12-23(20-27(25)43-4)29(41)37-33(14-8-5-9-15-33)39-16-18-44-19-17-39/h12-13,20-21,24H,5-11,14-19,22H2,1-4H3,(H,37,41)(H,34,35,36). The zero-order valence-corrected chi connectivity index (χ0v) is 26.7. The van der Waals surface area contributed by atoms with Crippen LogP contribution in [0.1, 0.15) is 82.0 Å². The summed E-state index contributed by atoms with van der Waals surface area (Å²) in [5.41, 5.74) is 1.03. The molecule has 0 unspecified atom stereocenters. The third-order valence-corrected chi connectivity index (χ3v) is 9.95. The van der Waals surface area contributed by atoms with Crippen molar-refractivity contribution in [2.45, 2.75) is 83.3 Å². The van der Waals surface area contributed by atoms with Gasteiger partial charge < -0.3 is 29.9 Å². The summed E-state index contributed by atoms with van der Waals surface area (Å²) < 4.78 is 11.3. The van der Waals surface area contributed by atoms with Crippen molar-refractivity contribution >= 4 is 35.0 Å². The first kappa shape index (κ1) is 30.6. The Hall–Kier alpha value is -3.44. The Kier molecular flexibility index (Phi) is 8.70. The Morgan fingerprint density at radius 2 is 1.80 bits per heavy atom. The molecular weight excluding hydrogens is 558 g/mol. The van der Waals surface area contributed by atoms with Crippen LogP contribution in [-0.2, 0) is 9.53 Å². The predicted octanol–water partition coefficient (Wildman–Crippen LogP) is 4.70. The van der Waals surface area contributed by atoms with Gasteiger partial charge in [-0.05, 0) is 70.6 Å². The minimum atomic E-state index is -0.552. The lowest BCUT2D eigenvalue weighted by Gasteiger charge is -2.48. The number of morpholine rings is 1. The number of aromatic nitrogens is 2. The number of methoxy groups -OCH3 is 1. The van der Waals surface area contributed by atoms with Crippen LogP contribution in [0.25, 0.3) is 0 Å². The van der Waals surface area contributed by atoms with Gasteiger partial charge in [0.2, 0.25) is 11.9 Å². The maximum absolute atomic E-state index is 13.7. The summed E-state index contributed by atoms with van der Waals surface area (Å²) >= 11 is 0. The van der Waals surface area contributed by atoms with Crippen molar-refractivity contribution in [1.82, 2.24) is 20.2 Å². The maximum Gasteiger partial charge on any atom is 0.252 e. The largest absolute Gasteiger partial charge is 0.495 e. The van der Waals surface area contributed by atoms with Crippen LogP contribution in [0, 0.1) is 5.41 Å². The summed E-state index contributed by atoms with van der Waals surface area (Å²) in [5.74, 6) is 1.67. The lowest BCUT2D eigenvalue weighted by Crippen LogP contribution is -2.63. The number of hydrogen-bond donors (Lipinski definition) is 2. The summed E-state index contributed by atoms with van der Waals surface area (Å²) in [4.78, 5) is 43.0. The van der Waals surface area contributed by atoms with Gasteiger partial charge in [-0.3, -0.25) is 14.5 Å². The fourth-order valence-corrected chi connectivity index (χ4v) is 7.51. The number of nitrogens with one attached hydrogen (secondary N) is 2. The lowest BCUT2D eigenvalue weighted by atomic mass is 9.86. The molecule has 0 radical (unpaired) electrons. The van der Waals surface area contributed by atoms with Gasteiger partial charge >= 0.3 is 0 Å². The second kappa shape index (κ2) is 12.5. The number of anilines is 4. The molecule has 1 saturated heterocycles. The van der Waals surface area contributed by atoms with Gasteiger partial charge in [-0.2, -0.15) is 4.98 Å². The minimum absolute atomic E-state index is 0.0581. The number of rotatable bonds is 7. The second-order valence-electron chi connectivity index (χ2n) is 13.4. The van der Waals surface area contributed by atoms with E-state index in [0.29, 0.717) is 54.4 Å². The van der Waals surface area contributed by atoms with Crippen molar-refractivity contribution in [2.24, 2.45) is 5.41 Å². The van der Waals surface area contributed by atoms with E-state index in [1.54, 1.807) is 31.3 Å². The molecule has 0 spiro atoms. The van der Waals surface area contributed by atoms with Crippen LogP contribution in [-0.4, -0.2) is 85.4 Å². The molecule has 6 rings (SSSR count). The van der Waals surface area contributed by atoms with Gasteiger partial charge in [0.05, 0.1) is 43.3 Å². The Balaban J connectivity index is 1.25. The van der Waals surface area contributed by atoms with E-state index in [4.69, 9.17) is 14.5 Å². The quantitative estimate of drug-likeness (QED) is 0.464. The van der Waals surface area contributed by atoms with Crippen LogP contribution in [0.4, 0.5) is 23.1 Å². The number of carbonyl (C=O) groups is 2. The van der Waals surface area contributed by atoms with Crippen LogP contribution in [0.5, 0.6) is 5.75 Å². The Bertz CT molecular complexity index is 1360. The average Bonchev–Trinajstić information content (AvgIpc) is 3.57. The molecule has 2 N–H and O–H groups in total. The van der Waals surface area contributed by atoms with Crippen LogP contribution >= 0.6 is 0 Å². The monoisotopic (exact) mass is 605 g/mol. The van der Waals surface area contributed by atoms with Gasteiger partial charge in [-0.25, -0.2) is 4.98 Å². The molecule has 3 fully saturated rings. The molecule has 11 nitrogen and oxygen atoms in total. The van der Waals surface area contributed by atoms with E-state index >= 15 is 0 Å². The Labute approximate surface area is 260 Å². The number of carbonyl (C=O) groups excluding carboxylic acids is 2. The first-order valence-corrected chi connectivity index (χ1v) is 16.2. The van der Waals surface area contributed by atoms with Gasteiger partial charge in [0.25, 0.3) is 5.91 Å². The molecule has 3 heterocycles. The summed E-state index contributed by atoms with van der Waals surface area (Å²) in [6.07, 6.45) is 11.6. The van der Waals surface area contributed by atoms with E-state index in [1.807, 2.05) is 26.0 Å². The summed E-state index contributed by atoms with van der Waals surface area (Å²) in [6.45, 7) is 7.65. The number of nitrogens with zero attached hydrogens (tertiary/aromatic N) is 5. The van der Waals surface area contributed by atoms with E-state index in [-0.39, 0.29) is 17.5 Å². The smallest absolute Gasteiger partial charge is 0.252 e. The fourth-order valence-electron chi connectivity index (χ4n) is 7.51. The molecule has 2 aromatic rings. The molecule has 2 aliphatic carbocycles. The second-order valence-corrected chi connectivity index (χ2v) is 13.4. The van der Waals surface area contributed by atoms with E-state index in [0.717, 1.165) is 57.4 Å². The predicted molar refractivity (Wildman–Crippen MR) is 171 cm³/mol. The van der Waals surface area contributed by atoms with Crippen molar-refractivity contribution in [1.29, 1.82) is 0 Å². The molecule has 1 aromatic carbocycles. The fraction of sp³-hybridized carbons (Fsp3) is 0.636. The van der Waals surface area contributed by atoms with Crippen LogP contribution in [0.15, 0.2) is 24.4 Å². The van der Waals surface area contributed by atoms with Gasteiger partial charge in [0.15, 0.2) is 5.82 Å². The van der Waals surface area contributed by atoms with Crippen molar-refractivity contribution < 1.29 is 19.1 Å². The van der Waals surface area contributed by atoms with Gasteiger partial charge in [0.1, 0.15) is 11.4 Å². The van der Waals surface area contributed by atoms with E-state index < -0.39 is 5.41 Å². The number of benzene rings is 1. The first-order chi connectivity index (χ1) is 21.2. The number of fused-ring (bicyclic) bond motifs is 1. The molecule has 4 aliphatic rings. The highest BCUT2D eigenvalue weighted by atomic mass is 16.5. The molecular formula is C33H47N7O4. The summed E-state index contributed by atoms with van der Waals surface area (Å²) in [6, 6.07) is 5.78. The molecule has 0 atom stereocenters. The van der Waals surface area contributed by atoms with Crippen molar-refractivity contribution in [3.8, 4) is 5.75 Å². The van der Waals surface area contributed by atoms with Crippen molar-refractivity contribution in [3.63, 3.8) is 0 Å². The zero-order chi connectivity index (χ0) is 30.9.